The van der Waals surface area contributed by atoms with Crippen molar-refractivity contribution in [2.24, 2.45) is 5.92 Å². The smallest absolute Gasteiger partial charge is 0.179 e. The van der Waals surface area contributed by atoms with E-state index in [1.165, 1.54) is 12.8 Å². The van der Waals surface area contributed by atoms with Gasteiger partial charge in [-0.1, -0.05) is 11.6 Å². The molecule has 1 heterocycles. The van der Waals surface area contributed by atoms with Gasteiger partial charge in [-0.2, -0.15) is 0 Å². The molecular formula is C17H27ClN2O3. The third-order valence-electron chi connectivity index (χ3n) is 4.38. The molecule has 1 aliphatic heterocycles. The molecule has 1 aromatic carbocycles. The summed E-state index contributed by atoms with van der Waals surface area (Å²) in [5.74, 6) is 1.93. The van der Waals surface area contributed by atoms with Crippen LogP contribution in [0.3, 0.4) is 0 Å². The van der Waals surface area contributed by atoms with Gasteiger partial charge in [-0.05, 0) is 56.1 Å². The predicted octanol–water partition coefficient (Wildman–Crippen LogP) is 2.15. The maximum Gasteiger partial charge on any atom is 0.179 e. The van der Waals surface area contributed by atoms with Gasteiger partial charge in [0, 0.05) is 13.1 Å². The number of nitrogens with zero attached hydrogens (tertiary/aromatic N) is 1. The van der Waals surface area contributed by atoms with E-state index in [1.807, 2.05) is 12.1 Å². The van der Waals surface area contributed by atoms with Gasteiger partial charge in [0.15, 0.2) is 11.5 Å². The summed E-state index contributed by atoms with van der Waals surface area (Å²) in [5, 5.41) is 13.1. The number of halogens is 1. The Morgan fingerprint density at radius 3 is 2.61 bits per heavy atom. The van der Waals surface area contributed by atoms with E-state index in [0.717, 1.165) is 38.3 Å². The zero-order valence-electron chi connectivity index (χ0n) is 14.0. The molecule has 130 valence electrons. The van der Waals surface area contributed by atoms with E-state index in [4.69, 9.17) is 26.2 Å². The number of benzene rings is 1. The number of likely N-dealkylation sites (tertiary alicyclic amines) is 1. The van der Waals surface area contributed by atoms with Crippen LogP contribution in [0.5, 0.6) is 11.5 Å². The molecule has 0 atom stereocenters. The zero-order chi connectivity index (χ0) is 16.7. The number of aliphatic hydroxyl groups excluding tert-OH is 1. The number of piperidine rings is 1. The van der Waals surface area contributed by atoms with Crippen LogP contribution in [0.15, 0.2) is 12.1 Å². The fraction of sp³-hybridized carbons (Fsp3) is 0.647. The first-order valence-corrected chi connectivity index (χ1v) is 8.50. The highest BCUT2D eigenvalue weighted by Crippen LogP contribution is 2.35. The molecule has 5 nitrogen and oxygen atoms in total. The summed E-state index contributed by atoms with van der Waals surface area (Å²) in [7, 11) is 3.20. The molecule has 0 amide bonds. The Bertz CT molecular complexity index is 491. The van der Waals surface area contributed by atoms with Crippen LogP contribution in [0.1, 0.15) is 18.4 Å². The molecular weight excluding hydrogens is 316 g/mol. The molecule has 1 fully saturated rings. The van der Waals surface area contributed by atoms with Gasteiger partial charge in [0.25, 0.3) is 0 Å². The normalized spacial score (nSPS) is 16.5. The van der Waals surface area contributed by atoms with Crippen molar-refractivity contribution in [2.75, 3.05) is 47.0 Å². The van der Waals surface area contributed by atoms with Crippen molar-refractivity contribution in [3.05, 3.63) is 22.7 Å². The van der Waals surface area contributed by atoms with Crippen LogP contribution in [-0.4, -0.2) is 57.0 Å². The minimum absolute atomic E-state index is 0.253. The second-order valence-corrected chi connectivity index (χ2v) is 6.36. The van der Waals surface area contributed by atoms with Crippen molar-refractivity contribution in [3.63, 3.8) is 0 Å². The van der Waals surface area contributed by atoms with Gasteiger partial charge >= 0.3 is 0 Å². The molecule has 0 unspecified atom stereocenters. The van der Waals surface area contributed by atoms with Gasteiger partial charge in [0.05, 0.1) is 25.8 Å². The van der Waals surface area contributed by atoms with Gasteiger partial charge in [-0.25, -0.2) is 0 Å². The second kappa shape index (κ2) is 9.33. The van der Waals surface area contributed by atoms with Crippen LogP contribution < -0.4 is 14.8 Å². The van der Waals surface area contributed by atoms with Crippen LogP contribution in [0.25, 0.3) is 0 Å². The first-order chi connectivity index (χ1) is 11.2. The average Bonchev–Trinajstić information content (AvgIpc) is 2.56. The molecule has 1 aliphatic rings. The molecule has 23 heavy (non-hydrogen) atoms. The summed E-state index contributed by atoms with van der Waals surface area (Å²) >= 11 is 6.23. The Morgan fingerprint density at radius 1 is 1.26 bits per heavy atom. The summed E-state index contributed by atoms with van der Waals surface area (Å²) in [6.07, 6.45) is 2.36. The van der Waals surface area contributed by atoms with Crippen molar-refractivity contribution in [3.8, 4) is 11.5 Å². The van der Waals surface area contributed by atoms with Gasteiger partial charge in [0.2, 0.25) is 0 Å². The third kappa shape index (κ3) is 5.24. The second-order valence-electron chi connectivity index (χ2n) is 5.95. The fourth-order valence-corrected chi connectivity index (χ4v) is 3.36. The largest absolute Gasteiger partial charge is 0.493 e. The van der Waals surface area contributed by atoms with Crippen LogP contribution in [0.4, 0.5) is 0 Å². The molecule has 0 aromatic heterocycles. The number of aliphatic hydroxyl groups is 1. The third-order valence-corrected chi connectivity index (χ3v) is 4.66. The highest BCUT2D eigenvalue weighted by atomic mass is 35.5. The molecule has 1 saturated heterocycles. The molecule has 2 rings (SSSR count). The lowest BCUT2D eigenvalue weighted by Gasteiger charge is -2.31. The Morgan fingerprint density at radius 2 is 2.00 bits per heavy atom. The monoisotopic (exact) mass is 342 g/mol. The van der Waals surface area contributed by atoms with Gasteiger partial charge in [-0.15, -0.1) is 0 Å². The van der Waals surface area contributed by atoms with E-state index in [2.05, 4.69) is 10.2 Å². The van der Waals surface area contributed by atoms with Crippen molar-refractivity contribution in [1.82, 2.24) is 10.2 Å². The highest BCUT2D eigenvalue weighted by Gasteiger charge is 2.18. The van der Waals surface area contributed by atoms with Crippen molar-refractivity contribution < 1.29 is 14.6 Å². The van der Waals surface area contributed by atoms with Crippen molar-refractivity contribution >= 4 is 11.6 Å². The maximum absolute atomic E-state index is 8.97. The summed E-state index contributed by atoms with van der Waals surface area (Å²) in [6, 6.07) is 3.88. The number of hydrogen-bond donors (Lipinski definition) is 2. The lowest BCUT2D eigenvalue weighted by atomic mass is 9.97. The van der Waals surface area contributed by atoms with E-state index in [1.54, 1.807) is 14.2 Å². The minimum Gasteiger partial charge on any atom is -0.493 e. The predicted molar refractivity (Wildman–Crippen MR) is 92.5 cm³/mol. The van der Waals surface area contributed by atoms with Crippen molar-refractivity contribution in [2.45, 2.75) is 19.4 Å². The molecule has 0 saturated carbocycles. The fourth-order valence-electron chi connectivity index (χ4n) is 3.05. The maximum atomic E-state index is 8.97. The lowest BCUT2D eigenvalue weighted by molar-refractivity contribution is 0.146. The van der Waals surface area contributed by atoms with Gasteiger partial charge < -0.3 is 24.8 Å². The quantitative estimate of drug-likeness (QED) is 0.758. The summed E-state index contributed by atoms with van der Waals surface area (Å²) in [5.41, 5.74) is 1.09. The minimum atomic E-state index is 0.253. The number of nitrogens with one attached hydrogen (secondary N) is 1. The Balaban J connectivity index is 1.79. The number of β-amino-alcohol motifs (C(OH)–C–C–N with tert-alkyl or cyclic N) is 1. The molecule has 1 aromatic rings. The topological polar surface area (TPSA) is 54.0 Å². The molecule has 0 bridgehead atoms. The zero-order valence-corrected chi connectivity index (χ0v) is 14.7. The van der Waals surface area contributed by atoms with E-state index >= 15 is 0 Å². The molecule has 0 aliphatic carbocycles. The van der Waals surface area contributed by atoms with E-state index in [9.17, 15) is 0 Å². The summed E-state index contributed by atoms with van der Waals surface area (Å²) in [4.78, 5) is 2.32. The molecule has 2 N–H and O–H groups in total. The Kier molecular flexibility index (Phi) is 7.43. The molecule has 0 radical (unpaired) electrons. The Labute approximate surface area is 143 Å². The number of ether oxygens (including phenoxy) is 2. The standard InChI is InChI=1S/C17H27ClN2O3/c1-22-16-10-14(9-15(18)17(16)23-2)12-19-11-13-3-5-20(6-4-13)7-8-21/h9-10,13,19,21H,3-8,11-12H2,1-2H3. The first kappa shape index (κ1) is 18.3. The first-order valence-electron chi connectivity index (χ1n) is 8.12. The van der Waals surface area contributed by atoms with Crippen LogP contribution in [0.2, 0.25) is 5.02 Å². The lowest BCUT2D eigenvalue weighted by Crippen LogP contribution is -2.38. The molecule has 0 spiro atoms. The van der Waals surface area contributed by atoms with E-state index in [0.29, 0.717) is 22.4 Å². The number of hydrogen-bond acceptors (Lipinski definition) is 5. The SMILES string of the molecule is COc1cc(CNCC2CCN(CCO)CC2)cc(Cl)c1OC. The van der Waals surface area contributed by atoms with E-state index < -0.39 is 0 Å². The van der Waals surface area contributed by atoms with E-state index in [-0.39, 0.29) is 6.61 Å². The Hall–Kier alpha value is -1.01. The van der Waals surface area contributed by atoms with Crippen LogP contribution in [-0.2, 0) is 6.54 Å². The van der Waals surface area contributed by atoms with Gasteiger partial charge in [0.1, 0.15) is 0 Å². The van der Waals surface area contributed by atoms with Crippen LogP contribution in [0, 0.1) is 5.92 Å². The number of rotatable bonds is 8. The number of methoxy groups -OCH3 is 2. The van der Waals surface area contributed by atoms with Gasteiger partial charge in [-0.3, -0.25) is 0 Å². The highest BCUT2D eigenvalue weighted by molar-refractivity contribution is 6.32. The van der Waals surface area contributed by atoms with Crippen LogP contribution >= 0.6 is 11.6 Å². The summed E-state index contributed by atoms with van der Waals surface area (Å²) < 4.78 is 10.6. The summed E-state index contributed by atoms with van der Waals surface area (Å²) in [6.45, 7) is 4.97. The van der Waals surface area contributed by atoms with Crippen molar-refractivity contribution in [1.29, 1.82) is 0 Å². The average molecular weight is 343 g/mol. The molecule has 6 heteroatoms.